The smallest absolute Gasteiger partial charge is 0.0956 e. The molecule has 0 aliphatic carbocycles. The molecule has 0 saturated heterocycles. The molecule has 4 nitrogen and oxygen atoms in total. The van der Waals surface area contributed by atoms with Crippen LogP contribution in [0.15, 0.2) is 34.9 Å². The summed E-state index contributed by atoms with van der Waals surface area (Å²) in [5.41, 5.74) is 1.17. The quantitative estimate of drug-likeness (QED) is 0.646. The molecule has 0 bridgehead atoms. The largest absolute Gasteiger partial charge is 0.263 e. The zero-order chi connectivity index (χ0) is 9.26. The lowest BCUT2D eigenvalue weighted by molar-refractivity contribution is 0.447. The highest BCUT2D eigenvalue weighted by Crippen LogP contribution is 2.19. The third-order valence-electron chi connectivity index (χ3n) is 2.13. The van der Waals surface area contributed by atoms with E-state index in [1.54, 1.807) is 6.20 Å². The SMILES string of the molecule is Cc1cnn(C2C=CN=NC2C)c1. The summed E-state index contributed by atoms with van der Waals surface area (Å²) < 4.78 is 1.93. The Kier molecular flexibility index (Phi) is 1.96. The summed E-state index contributed by atoms with van der Waals surface area (Å²) in [5, 5.41) is 12.2. The summed E-state index contributed by atoms with van der Waals surface area (Å²) >= 11 is 0. The van der Waals surface area contributed by atoms with Gasteiger partial charge in [-0.25, -0.2) is 0 Å². The van der Waals surface area contributed by atoms with Crippen molar-refractivity contribution in [3.8, 4) is 0 Å². The first-order valence-electron chi connectivity index (χ1n) is 4.35. The molecule has 0 aromatic carbocycles. The van der Waals surface area contributed by atoms with Crippen molar-refractivity contribution < 1.29 is 0 Å². The van der Waals surface area contributed by atoms with Crippen LogP contribution in [0.1, 0.15) is 18.5 Å². The Morgan fingerprint density at radius 1 is 1.46 bits per heavy atom. The first-order chi connectivity index (χ1) is 6.27. The number of azo groups is 1. The van der Waals surface area contributed by atoms with Gasteiger partial charge in [0.1, 0.15) is 0 Å². The second-order valence-corrected chi connectivity index (χ2v) is 3.30. The Hall–Kier alpha value is -1.45. The minimum absolute atomic E-state index is 0.171. The molecule has 1 aromatic heterocycles. The highest BCUT2D eigenvalue weighted by Gasteiger charge is 2.18. The molecule has 0 N–H and O–H groups in total. The number of aryl methyl sites for hydroxylation is 1. The van der Waals surface area contributed by atoms with Gasteiger partial charge in [-0.05, 0) is 25.5 Å². The van der Waals surface area contributed by atoms with Gasteiger partial charge in [0.05, 0.1) is 18.3 Å². The van der Waals surface area contributed by atoms with Crippen LogP contribution in [0.3, 0.4) is 0 Å². The number of aromatic nitrogens is 2. The fourth-order valence-corrected chi connectivity index (χ4v) is 1.40. The fraction of sp³-hybridized carbons (Fsp3) is 0.444. The number of hydrogen-bond donors (Lipinski definition) is 0. The van der Waals surface area contributed by atoms with Gasteiger partial charge >= 0.3 is 0 Å². The number of rotatable bonds is 1. The summed E-state index contributed by atoms with van der Waals surface area (Å²) in [7, 11) is 0. The highest BCUT2D eigenvalue weighted by molar-refractivity contribution is 5.05. The third-order valence-corrected chi connectivity index (χ3v) is 2.13. The van der Waals surface area contributed by atoms with Gasteiger partial charge in [-0.3, -0.25) is 4.68 Å². The van der Waals surface area contributed by atoms with Gasteiger partial charge in [0.25, 0.3) is 0 Å². The summed E-state index contributed by atoms with van der Waals surface area (Å²) in [6.45, 7) is 4.07. The molecule has 2 heterocycles. The Labute approximate surface area is 77.0 Å². The summed E-state index contributed by atoms with van der Waals surface area (Å²) in [4.78, 5) is 0. The standard InChI is InChI=1S/C9H12N4/c1-7-5-11-13(6-7)9-3-4-10-12-8(9)2/h3-6,8-9H,1-2H3. The van der Waals surface area contributed by atoms with E-state index in [4.69, 9.17) is 0 Å². The van der Waals surface area contributed by atoms with E-state index in [0.29, 0.717) is 0 Å². The topological polar surface area (TPSA) is 42.5 Å². The molecule has 0 fully saturated rings. The lowest BCUT2D eigenvalue weighted by atomic mass is 10.1. The first kappa shape index (κ1) is 8.16. The molecule has 68 valence electrons. The maximum absolute atomic E-state index is 4.25. The molecule has 0 spiro atoms. The summed E-state index contributed by atoms with van der Waals surface area (Å²) in [6, 6.07) is 0.385. The van der Waals surface area contributed by atoms with E-state index in [0.717, 1.165) is 0 Å². The lowest BCUT2D eigenvalue weighted by Gasteiger charge is -2.18. The van der Waals surface area contributed by atoms with Crippen LogP contribution in [0.4, 0.5) is 0 Å². The molecule has 13 heavy (non-hydrogen) atoms. The van der Waals surface area contributed by atoms with Crippen LogP contribution >= 0.6 is 0 Å². The van der Waals surface area contributed by atoms with Crippen molar-refractivity contribution in [2.45, 2.75) is 25.9 Å². The van der Waals surface area contributed by atoms with Crippen molar-refractivity contribution in [1.82, 2.24) is 9.78 Å². The second kappa shape index (κ2) is 3.12. The van der Waals surface area contributed by atoms with Crippen LogP contribution in [0.5, 0.6) is 0 Å². The predicted molar refractivity (Wildman–Crippen MR) is 49.5 cm³/mol. The average molecular weight is 176 g/mol. The van der Waals surface area contributed by atoms with Crippen molar-refractivity contribution in [1.29, 1.82) is 0 Å². The van der Waals surface area contributed by atoms with Crippen molar-refractivity contribution in [2.75, 3.05) is 0 Å². The van der Waals surface area contributed by atoms with Gasteiger partial charge in [-0.2, -0.15) is 15.3 Å². The summed E-state index contributed by atoms with van der Waals surface area (Å²) in [5.74, 6) is 0. The minimum atomic E-state index is 0.171. The zero-order valence-corrected chi connectivity index (χ0v) is 7.75. The lowest BCUT2D eigenvalue weighted by Crippen LogP contribution is -2.19. The van der Waals surface area contributed by atoms with Gasteiger partial charge in [-0.1, -0.05) is 0 Å². The minimum Gasteiger partial charge on any atom is -0.263 e. The van der Waals surface area contributed by atoms with Crippen molar-refractivity contribution >= 4 is 0 Å². The molecule has 1 aliphatic heterocycles. The van der Waals surface area contributed by atoms with Crippen LogP contribution in [-0.2, 0) is 0 Å². The van der Waals surface area contributed by atoms with Gasteiger partial charge in [0.2, 0.25) is 0 Å². The van der Waals surface area contributed by atoms with E-state index in [-0.39, 0.29) is 12.1 Å². The zero-order valence-electron chi connectivity index (χ0n) is 7.75. The predicted octanol–water partition coefficient (Wildman–Crippen LogP) is 2.10. The highest BCUT2D eigenvalue weighted by atomic mass is 15.3. The van der Waals surface area contributed by atoms with Crippen LogP contribution < -0.4 is 0 Å². The van der Waals surface area contributed by atoms with Crippen LogP contribution in [0.25, 0.3) is 0 Å². The molecule has 2 atom stereocenters. The molecular formula is C9H12N4. The number of hydrogen-bond acceptors (Lipinski definition) is 3. The second-order valence-electron chi connectivity index (χ2n) is 3.30. The van der Waals surface area contributed by atoms with Gasteiger partial charge < -0.3 is 0 Å². The Morgan fingerprint density at radius 2 is 2.31 bits per heavy atom. The molecule has 1 aliphatic rings. The van der Waals surface area contributed by atoms with Crippen LogP contribution in [-0.4, -0.2) is 15.8 Å². The Bertz CT molecular complexity index is 350. The monoisotopic (exact) mass is 176 g/mol. The van der Waals surface area contributed by atoms with Crippen molar-refractivity contribution in [2.24, 2.45) is 10.2 Å². The molecule has 0 saturated carbocycles. The molecule has 0 amide bonds. The van der Waals surface area contributed by atoms with Crippen LogP contribution in [0.2, 0.25) is 0 Å². The number of nitrogens with zero attached hydrogens (tertiary/aromatic N) is 4. The molecule has 2 rings (SSSR count). The average Bonchev–Trinajstić information content (AvgIpc) is 2.53. The molecule has 1 aromatic rings. The molecular weight excluding hydrogens is 164 g/mol. The van der Waals surface area contributed by atoms with Gasteiger partial charge in [0.15, 0.2) is 0 Å². The van der Waals surface area contributed by atoms with E-state index in [9.17, 15) is 0 Å². The van der Waals surface area contributed by atoms with E-state index in [1.165, 1.54) is 5.56 Å². The third kappa shape index (κ3) is 1.52. The van der Waals surface area contributed by atoms with Gasteiger partial charge in [-0.15, -0.1) is 0 Å². The summed E-state index contributed by atoms with van der Waals surface area (Å²) in [6.07, 6.45) is 7.62. The van der Waals surface area contributed by atoms with Gasteiger partial charge in [0, 0.05) is 12.4 Å². The molecule has 4 heteroatoms. The normalized spacial score (nSPS) is 26.6. The molecule has 0 radical (unpaired) electrons. The first-order valence-corrected chi connectivity index (χ1v) is 4.35. The Morgan fingerprint density at radius 3 is 2.92 bits per heavy atom. The van der Waals surface area contributed by atoms with E-state index < -0.39 is 0 Å². The van der Waals surface area contributed by atoms with Crippen molar-refractivity contribution in [3.05, 3.63) is 30.2 Å². The maximum atomic E-state index is 4.25. The maximum Gasteiger partial charge on any atom is 0.0956 e. The van der Waals surface area contributed by atoms with Crippen LogP contribution in [0, 0.1) is 6.92 Å². The Balaban J connectivity index is 2.26. The van der Waals surface area contributed by atoms with Crippen molar-refractivity contribution in [3.63, 3.8) is 0 Å². The van der Waals surface area contributed by atoms with E-state index in [1.807, 2.05) is 37.0 Å². The molecule has 2 unspecified atom stereocenters. The fourth-order valence-electron chi connectivity index (χ4n) is 1.40. The van der Waals surface area contributed by atoms with E-state index in [2.05, 4.69) is 15.3 Å². The van der Waals surface area contributed by atoms with E-state index >= 15 is 0 Å².